The third-order valence-corrected chi connectivity index (χ3v) is 9.17. The van der Waals surface area contributed by atoms with Crippen molar-refractivity contribution in [3.8, 4) is 0 Å². The molecular formula is C29H50BN5O2. The number of nitrogens with one attached hydrogen (secondary N) is 4. The van der Waals surface area contributed by atoms with E-state index in [1.54, 1.807) is 0 Å². The summed E-state index contributed by atoms with van der Waals surface area (Å²) in [7, 11) is -0.232. The molecule has 0 bridgehead atoms. The summed E-state index contributed by atoms with van der Waals surface area (Å²) in [5, 5.41) is 14.3. The fourth-order valence-electron chi connectivity index (χ4n) is 7.09. The van der Waals surface area contributed by atoms with Gasteiger partial charge in [0, 0.05) is 72.0 Å². The lowest BCUT2D eigenvalue weighted by Gasteiger charge is -2.48. The number of benzene rings is 1. The Kier molecular flexibility index (Phi) is 10.3. The summed E-state index contributed by atoms with van der Waals surface area (Å²) in [5.41, 5.74) is 2.44. The fraction of sp³-hybridized carbons (Fsp3) is 0.793. The second-order valence-corrected chi connectivity index (χ2v) is 11.7. The van der Waals surface area contributed by atoms with Crippen LogP contribution in [0.15, 0.2) is 24.3 Å². The Hall–Kier alpha value is -0.995. The lowest BCUT2D eigenvalue weighted by molar-refractivity contribution is -0.0923. The molecule has 0 aromatic heterocycles. The number of hydrogen-bond donors (Lipinski definition) is 4. The largest absolute Gasteiger partial charge is 0.495 e. The summed E-state index contributed by atoms with van der Waals surface area (Å²) in [6.07, 6.45) is 12.4. The van der Waals surface area contributed by atoms with Crippen LogP contribution in [0.5, 0.6) is 0 Å². The molecule has 0 unspecified atom stereocenters. The van der Waals surface area contributed by atoms with E-state index in [9.17, 15) is 0 Å². The smallest absolute Gasteiger partial charge is 0.399 e. The van der Waals surface area contributed by atoms with E-state index >= 15 is 0 Å². The summed E-state index contributed by atoms with van der Waals surface area (Å²) in [4.78, 5) is 2.58. The Morgan fingerprint density at radius 2 is 1.08 bits per heavy atom. The Morgan fingerprint density at radius 3 is 1.59 bits per heavy atom. The first kappa shape index (κ1) is 27.6. The summed E-state index contributed by atoms with van der Waals surface area (Å²) >= 11 is 0. The van der Waals surface area contributed by atoms with E-state index in [2.05, 4.69) is 50.4 Å². The lowest BCUT2D eigenvalue weighted by atomic mass is 9.66. The molecule has 2 heterocycles. The van der Waals surface area contributed by atoms with Gasteiger partial charge in [0.2, 0.25) is 0 Å². The summed E-state index contributed by atoms with van der Waals surface area (Å²) in [5.74, 6) is 0. The quantitative estimate of drug-likeness (QED) is 0.463. The van der Waals surface area contributed by atoms with Crippen molar-refractivity contribution in [3.63, 3.8) is 0 Å². The van der Waals surface area contributed by atoms with Crippen molar-refractivity contribution < 1.29 is 9.31 Å². The maximum atomic E-state index is 7.07. The maximum absolute atomic E-state index is 7.07. The van der Waals surface area contributed by atoms with Gasteiger partial charge in [-0.2, -0.15) is 0 Å². The van der Waals surface area contributed by atoms with E-state index in [1.807, 2.05) is 0 Å². The van der Waals surface area contributed by atoms with Crippen LogP contribution in [0.1, 0.15) is 69.8 Å². The van der Waals surface area contributed by atoms with Gasteiger partial charge in [-0.25, -0.2) is 0 Å². The third-order valence-electron chi connectivity index (χ3n) is 9.17. The van der Waals surface area contributed by atoms with Crippen LogP contribution in [0, 0.1) is 0 Å². The van der Waals surface area contributed by atoms with Crippen LogP contribution >= 0.6 is 0 Å². The molecule has 7 nitrogen and oxygen atoms in total. The number of fused-ring (bicyclic) bond motifs is 1. The molecule has 0 radical (unpaired) electrons. The van der Waals surface area contributed by atoms with Gasteiger partial charge >= 0.3 is 7.12 Å². The van der Waals surface area contributed by atoms with Gasteiger partial charge in [-0.05, 0) is 36.7 Å². The fourth-order valence-corrected chi connectivity index (χ4v) is 7.09. The molecule has 2 aliphatic carbocycles. The molecule has 37 heavy (non-hydrogen) atoms. The molecule has 206 valence electrons. The normalized spacial score (nSPS) is 26.6. The Morgan fingerprint density at radius 1 is 0.622 bits per heavy atom. The second kappa shape index (κ2) is 13.9. The SMILES string of the molecule is c1ccc(B2OC3(CCCCC3)C3(CCCCC3)O2)c(CN2CCNCCNCCNCCNCC2)c1. The van der Waals surface area contributed by atoms with E-state index in [-0.39, 0.29) is 18.3 Å². The minimum absolute atomic E-state index is 0.0806. The number of hydrogen-bond acceptors (Lipinski definition) is 7. The monoisotopic (exact) mass is 511 g/mol. The van der Waals surface area contributed by atoms with Crippen molar-refractivity contribution in [2.24, 2.45) is 0 Å². The van der Waals surface area contributed by atoms with E-state index in [0.29, 0.717) is 0 Å². The van der Waals surface area contributed by atoms with Gasteiger partial charge in [-0.1, -0.05) is 62.8 Å². The first-order valence-electron chi connectivity index (χ1n) is 15.3. The van der Waals surface area contributed by atoms with Gasteiger partial charge in [0.1, 0.15) is 0 Å². The van der Waals surface area contributed by atoms with Gasteiger partial charge in [0.25, 0.3) is 0 Å². The van der Waals surface area contributed by atoms with Crippen LogP contribution in [0.4, 0.5) is 0 Å². The predicted molar refractivity (Wildman–Crippen MR) is 152 cm³/mol. The van der Waals surface area contributed by atoms with E-state index in [1.165, 1.54) is 75.2 Å². The van der Waals surface area contributed by atoms with Crippen LogP contribution < -0.4 is 26.7 Å². The zero-order valence-electron chi connectivity index (χ0n) is 23.0. The van der Waals surface area contributed by atoms with E-state index < -0.39 is 0 Å². The molecule has 2 spiro atoms. The van der Waals surface area contributed by atoms with E-state index in [0.717, 1.165) is 72.0 Å². The zero-order valence-corrected chi connectivity index (χ0v) is 23.0. The number of nitrogens with zero attached hydrogens (tertiary/aromatic N) is 1. The first-order valence-corrected chi connectivity index (χ1v) is 15.3. The topological polar surface area (TPSA) is 69.8 Å². The zero-order chi connectivity index (χ0) is 25.2. The van der Waals surface area contributed by atoms with Gasteiger partial charge in [-0.15, -0.1) is 0 Å². The summed E-state index contributed by atoms with van der Waals surface area (Å²) in [6.45, 7) is 11.1. The van der Waals surface area contributed by atoms with Crippen LogP contribution in [0.2, 0.25) is 0 Å². The van der Waals surface area contributed by atoms with Crippen LogP contribution in [0.25, 0.3) is 0 Å². The molecule has 2 saturated heterocycles. The molecule has 2 aliphatic heterocycles. The molecule has 4 fully saturated rings. The van der Waals surface area contributed by atoms with Crippen LogP contribution in [-0.2, 0) is 15.9 Å². The minimum atomic E-state index is -0.232. The van der Waals surface area contributed by atoms with Gasteiger partial charge in [-0.3, -0.25) is 4.90 Å². The van der Waals surface area contributed by atoms with Gasteiger partial charge < -0.3 is 30.6 Å². The Bertz CT molecular complexity index is 773. The molecule has 8 heteroatoms. The average Bonchev–Trinajstić information content (AvgIpc) is 3.20. The molecule has 1 aromatic carbocycles. The minimum Gasteiger partial charge on any atom is -0.399 e. The van der Waals surface area contributed by atoms with Crippen molar-refractivity contribution in [3.05, 3.63) is 29.8 Å². The molecule has 4 N–H and O–H groups in total. The molecule has 1 aromatic rings. The molecular weight excluding hydrogens is 461 g/mol. The van der Waals surface area contributed by atoms with Gasteiger partial charge in [0.15, 0.2) is 0 Å². The summed E-state index contributed by atoms with van der Waals surface area (Å²) < 4.78 is 14.1. The Balaban J connectivity index is 1.28. The molecule has 0 amide bonds. The number of rotatable bonds is 3. The highest BCUT2D eigenvalue weighted by Gasteiger charge is 2.62. The van der Waals surface area contributed by atoms with Crippen molar-refractivity contribution in [2.75, 3.05) is 65.4 Å². The van der Waals surface area contributed by atoms with Crippen molar-refractivity contribution in [1.29, 1.82) is 0 Å². The lowest BCUT2D eigenvalue weighted by Crippen LogP contribution is -2.53. The van der Waals surface area contributed by atoms with Crippen molar-refractivity contribution in [2.45, 2.75) is 82.0 Å². The highest BCUT2D eigenvalue weighted by Crippen LogP contribution is 2.53. The maximum Gasteiger partial charge on any atom is 0.495 e. The first-order chi connectivity index (χ1) is 18.3. The molecule has 0 atom stereocenters. The average molecular weight is 512 g/mol. The van der Waals surface area contributed by atoms with Crippen LogP contribution in [0.3, 0.4) is 0 Å². The summed E-state index contributed by atoms with van der Waals surface area (Å²) in [6, 6.07) is 8.91. The molecule has 4 aliphatic rings. The third kappa shape index (κ3) is 6.96. The molecule has 2 saturated carbocycles. The Labute approximate surface area is 225 Å². The standard InChI is InChI=1S/C29H50BN5O2/c1-5-11-28(12-6-1)29(13-7-2-8-14-29)37-30(36-28)27-10-4-3-9-26(27)25-35-23-21-33-19-17-31-15-16-32-18-20-34-22-24-35/h3-4,9-10,31-34H,1-2,5-8,11-25H2. The predicted octanol–water partition coefficient (Wildman–Crippen LogP) is 2.01. The highest BCUT2D eigenvalue weighted by atomic mass is 16.7. The van der Waals surface area contributed by atoms with Gasteiger partial charge in [0.05, 0.1) is 11.2 Å². The van der Waals surface area contributed by atoms with Crippen LogP contribution in [-0.4, -0.2) is 88.7 Å². The molecule has 5 rings (SSSR count). The highest BCUT2D eigenvalue weighted by molar-refractivity contribution is 6.62. The van der Waals surface area contributed by atoms with Crippen molar-refractivity contribution >= 4 is 12.6 Å². The van der Waals surface area contributed by atoms with E-state index in [4.69, 9.17) is 9.31 Å². The second-order valence-electron chi connectivity index (χ2n) is 11.7. The van der Waals surface area contributed by atoms with Crippen molar-refractivity contribution in [1.82, 2.24) is 26.2 Å².